The first kappa shape index (κ1) is 19.2. The lowest BCUT2D eigenvalue weighted by Gasteiger charge is -2.07. The zero-order valence-corrected chi connectivity index (χ0v) is 17.3. The van der Waals surface area contributed by atoms with Crippen molar-refractivity contribution in [3.8, 4) is 0 Å². The minimum Gasteiger partial charge on any atom is -0.306 e. The number of hydrogen-bond acceptors (Lipinski definition) is 6. The smallest absolute Gasteiger partial charge is 0.191 e. The van der Waals surface area contributed by atoms with Gasteiger partial charge in [-0.15, -0.1) is 10.2 Å². The first-order valence-electron chi connectivity index (χ1n) is 8.29. The van der Waals surface area contributed by atoms with E-state index in [1.54, 1.807) is 23.5 Å². The Balaban J connectivity index is 1.67. The summed E-state index contributed by atoms with van der Waals surface area (Å²) < 4.78 is 2.14. The second-order valence-corrected chi connectivity index (χ2v) is 8.11. The molecule has 0 bridgehead atoms. The predicted octanol–water partition coefficient (Wildman–Crippen LogP) is 4.94. The second kappa shape index (κ2) is 8.88. The van der Waals surface area contributed by atoms with Crippen LogP contribution in [-0.2, 0) is 18.1 Å². The van der Waals surface area contributed by atoms with E-state index >= 15 is 0 Å². The molecule has 3 rings (SSSR count). The second-order valence-electron chi connectivity index (χ2n) is 5.78. The van der Waals surface area contributed by atoms with Crippen molar-refractivity contribution >= 4 is 35.1 Å². The molecule has 0 radical (unpaired) electrons. The Hall–Kier alpha value is -1.57. The van der Waals surface area contributed by atoms with Crippen molar-refractivity contribution in [1.82, 2.24) is 24.7 Å². The fourth-order valence-corrected chi connectivity index (χ4v) is 4.58. The molecule has 26 heavy (non-hydrogen) atoms. The summed E-state index contributed by atoms with van der Waals surface area (Å²) in [6.45, 7) is 6.90. The molecular weight excluding hydrogens is 386 g/mol. The Morgan fingerprint density at radius 2 is 1.77 bits per heavy atom. The number of aromatic nitrogens is 5. The van der Waals surface area contributed by atoms with Gasteiger partial charge >= 0.3 is 0 Å². The number of hydrogen-bond donors (Lipinski definition) is 0. The quantitative estimate of drug-likeness (QED) is 0.409. The van der Waals surface area contributed by atoms with Crippen LogP contribution >= 0.6 is 35.1 Å². The lowest BCUT2D eigenvalue weighted by Crippen LogP contribution is -2.03. The van der Waals surface area contributed by atoms with E-state index < -0.39 is 0 Å². The van der Waals surface area contributed by atoms with Crippen LogP contribution in [0.1, 0.15) is 29.7 Å². The van der Waals surface area contributed by atoms with Gasteiger partial charge in [-0.05, 0) is 44.5 Å². The molecule has 0 fully saturated rings. The van der Waals surface area contributed by atoms with Gasteiger partial charge in [-0.2, -0.15) is 0 Å². The molecule has 0 saturated heterocycles. The van der Waals surface area contributed by atoms with Crippen molar-refractivity contribution < 1.29 is 0 Å². The average molecular weight is 406 g/mol. The number of aryl methyl sites for hydroxylation is 2. The topological polar surface area (TPSA) is 56.5 Å². The highest BCUT2D eigenvalue weighted by atomic mass is 35.5. The molecule has 2 aromatic heterocycles. The molecule has 0 unspecified atom stereocenters. The molecule has 3 aromatic rings. The molecule has 2 heterocycles. The normalized spacial score (nSPS) is 11.1. The van der Waals surface area contributed by atoms with E-state index in [1.807, 2.05) is 38.1 Å². The summed E-state index contributed by atoms with van der Waals surface area (Å²) in [5.74, 6) is 2.45. The number of benzene rings is 1. The van der Waals surface area contributed by atoms with E-state index in [-0.39, 0.29) is 0 Å². The molecule has 1 aromatic carbocycles. The SMILES string of the molecule is CCn1c(CSc2nc(C)cc(C)n2)nnc1SCc1cccc(Cl)c1. The molecule has 136 valence electrons. The first-order chi connectivity index (χ1) is 12.5. The Bertz CT molecular complexity index is 877. The number of rotatable bonds is 7. The average Bonchev–Trinajstić information content (AvgIpc) is 2.99. The first-order valence-corrected chi connectivity index (χ1v) is 10.6. The van der Waals surface area contributed by atoms with Crippen LogP contribution in [0, 0.1) is 13.8 Å². The van der Waals surface area contributed by atoms with Gasteiger partial charge in [-0.1, -0.05) is 47.3 Å². The highest BCUT2D eigenvalue weighted by Crippen LogP contribution is 2.26. The summed E-state index contributed by atoms with van der Waals surface area (Å²) in [6.07, 6.45) is 0. The van der Waals surface area contributed by atoms with Gasteiger partial charge in [0.2, 0.25) is 0 Å². The van der Waals surface area contributed by atoms with Gasteiger partial charge in [0, 0.05) is 28.7 Å². The molecule has 0 amide bonds. The predicted molar refractivity (Wildman–Crippen MR) is 108 cm³/mol. The third-order valence-electron chi connectivity index (χ3n) is 3.66. The van der Waals surface area contributed by atoms with Gasteiger partial charge in [0.1, 0.15) is 5.82 Å². The zero-order chi connectivity index (χ0) is 18.5. The highest BCUT2D eigenvalue weighted by Gasteiger charge is 2.13. The summed E-state index contributed by atoms with van der Waals surface area (Å²) >= 11 is 9.31. The van der Waals surface area contributed by atoms with Gasteiger partial charge in [-0.3, -0.25) is 0 Å². The summed E-state index contributed by atoms with van der Waals surface area (Å²) in [4.78, 5) is 8.94. The van der Waals surface area contributed by atoms with Crippen molar-refractivity contribution in [2.45, 2.75) is 49.1 Å². The van der Waals surface area contributed by atoms with E-state index in [0.29, 0.717) is 5.75 Å². The molecule has 5 nitrogen and oxygen atoms in total. The van der Waals surface area contributed by atoms with Crippen molar-refractivity contribution in [2.24, 2.45) is 0 Å². The molecule has 0 spiro atoms. The third-order valence-corrected chi connectivity index (χ3v) is 5.78. The molecule has 8 heteroatoms. The molecular formula is C18H20ClN5S2. The fraction of sp³-hybridized carbons (Fsp3) is 0.333. The van der Waals surface area contributed by atoms with E-state index in [2.05, 4.69) is 37.7 Å². The maximum atomic E-state index is 6.05. The van der Waals surface area contributed by atoms with Gasteiger partial charge in [0.15, 0.2) is 10.3 Å². The van der Waals surface area contributed by atoms with Crippen molar-refractivity contribution in [3.05, 3.63) is 58.1 Å². The summed E-state index contributed by atoms with van der Waals surface area (Å²) in [7, 11) is 0. The maximum Gasteiger partial charge on any atom is 0.191 e. The minimum atomic E-state index is 0.696. The lowest BCUT2D eigenvalue weighted by atomic mass is 10.2. The Kier molecular flexibility index (Phi) is 6.56. The van der Waals surface area contributed by atoms with Crippen LogP contribution in [0.4, 0.5) is 0 Å². The largest absolute Gasteiger partial charge is 0.306 e. The van der Waals surface area contributed by atoms with E-state index in [4.69, 9.17) is 11.6 Å². The van der Waals surface area contributed by atoms with Crippen LogP contribution in [0.5, 0.6) is 0 Å². The Labute approximate surface area is 167 Å². The van der Waals surface area contributed by atoms with Crippen LogP contribution in [0.15, 0.2) is 40.6 Å². The van der Waals surface area contributed by atoms with Crippen LogP contribution in [0.2, 0.25) is 5.02 Å². The molecule has 0 aliphatic carbocycles. The Morgan fingerprint density at radius 1 is 1.00 bits per heavy atom. The van der Waals surface area contributed by atoms with Crippen molar-refractivity contribution in [3.63, 3.8) is 0 Å². The molecule has 0 saturated carbocycles. The van der Waals surface area contributed by atoms with Crippen LogP contribution in [-0.4, -0.2) is 24.7 Å². The standard InChI is InChI=1S/C18H20ClN5S2/c1-4-24-16(11-25-17-20-12(2)8-13(3)21-17)22-23-18(24)26-10-14-6-5-7-15(19)9-14/h5-9H,4,10-11H2,1-3H3. The van der Waals surface area contributed by atoms with Crippen molar-refractivity contribution in [1.29, 1.82) is 0 Å². The molecule has 0 N–H and O–H groups in total. The molecule has 0 atom stereocenters. The number of thioether (sulfide) groups is 2. The van der Waals surface area contributed by atoms with Crippen LogP contribution in [0.3, 0.4) is 0 Å². The minimum absolute atomic E-state index is 0.696. The molecule has 0 aliphatic heterocycles. The van der Waals surface area contributed by atoms with E-state index in [9.17, 15) is 0 Å². The van der Waals surface area contributed by atoms with Crippen LogP contribution < -0.4 is 0 Å². The van der Waals surface area contributed by atoms with Gasteiger partial charge < -0.3 is 4.57 Å². The summed E-state index contributed by atoms with van der Waals surface area (Å²) in [5.41, 5.74) is 3.14. The summed E-state index contributed by atoms with van der Waals surface area (Å²) in [5, 5.41) is 11.2. The van der Waals surface area contributed by atoms with Crippen molar-refractivity contribution in [2.75, 3.05) is 0 Å². The zero-order valence-electron chi connectivity index (χ0n) is 14.9. The van der Waals surface area contributed by atoms with Crippen LogP contribution in [0.25, 0.3) is 0 Å². The van der Waals surface area contributed by atoms with Gasteiger partial charge in [-0.25, -0.2) is 9.97 Å². The summed E-state index contributed by atoms with van der Waals surface area (Å²) in [6, 6.07) is 9.88. The van der Waals surface area contributed by atoms with Gasteiger partial charge in [0.05, 0.1) is 5.75 Å². The van der Waals surface area contributed by atoms with Gasteiger partial charge in [0.25, 0.3) is 0 Å². The van der Waals surface area contributed by atoms with E-state index in [1.165, 1.54) is 5.56 Å². The fourth-order valence-electron chi connectivity index (χ4n) is 2.51. The third kappa shape index (κ3) is 4.99. The highest BCUT2D eigenvalue weighted by molar-refractivity contribution is 7.98. The maximum absolute atomic E-state index is 6.05. The number of nitrogens with zero attached hydrogens (tertiary/aromatic N) is 5. The monoisotopic (exact) mass is 405 g/mol. The lowest BCUT2D eigenvalue weighted by molar-refractivity contribution is 0.659. The molecule has 0 aliphatic rings. The Morgan fingerprint density at radius 3 is 2.46 bits per heavy atom. The number of halogens is 1. The van der Waals surface area contributed by atoms with E-state index in [0.717, 1.165) is 44.8 Å².